The van der Waals surface area contributed by atoms with Crippen LogP contribution in [0, 0.1) is 6.92 Å². The molecular weight excluding hydrogens is 410 g/mol. The zero-order valence-electron chi connectivity index (χ0n) is 16.9. The van der Waals surface area contributed by atoms with E-state index in [2.05, 4.69) is 10.3 Å². The second-order valence-corrected chi connectivity index (χ2v) is 7.49. The molecule has 2 aromatic carbocycles. The molecule has 0 aliphatic carbocycles. The van der Waals surface area contributed by atoms with Gasteiger partial charge in [-0.3, -0.25) is 14.6 Å². The largest absolute Gasteiger partial charge is 0.338 e. The first-order chi connectivity index (χ1) is 15.0. The third kappa shape index (κ3) is 4.42. The number of carbonyl (C=O) groups is 1. The lowest BCUT2D eigenvalue weighted by molar-refractivity contribution is 0.102. The monoisotopic (exact) mass is 429 g/mol. The summed E-state index contributed by atoms with van der Waals surface area (Å²) in [5.74, 6) is -0.485. The molecule has 0 atom stereocenters. The maximum atomic E-state index is 13.3. The minimum absolute atomic E-state index is 0.0403. The average Bonchev–Trinajstić information content (AvgIpc) is 2.77. The number of hydrogen-bond acceptors (Lipinski definition) is 3. The molecule has 0 bridgehead atoms. The van der Waals surface area contributed by atoms with E-state index >= 15 is 0 Å². The van der Waals surface area contributed by atoms with Crippen LogP contribution in [0.15, 0.2) is 89.9 Å². The minimum atomic E-state index is -0.485. The molecule has 31 heavy (non-hydrogen) atoms. The van der Waals surface area contributed by atoms with Gasteiger partial charge in [-0.1, -0.05) is 54.1 Å². The molecule has 0 aliphatic rings. The van der Waals surface area contributed by atoms with E-state index in [1.807, 2.05) is 66.1 Å². The fourth-order valence-corrected chi connectivity index (χ4v) is 3.72. The summed E-state index contributed by atoms with van der Waals surface area (Å²) in [7, 11) is 0. The summed E-state index contributed by atoms with van der Waals surface area (Å²) in [5, 5.41) is 3.28. The molecule has 4 aromatic rings. The van der Waals surface area contributed by atoms with Gasteiger partial charge in [-0.25, -0.2) is 0 Å². The topological polar surface area (TPSA) is 64.0 Å². The predicted octanol–water partition coefficient (Wildman–Crippen LogP) is 5.17. The van der Waals surface area contributed by atoms with Gasteiger partial charge >= 0.3 is 0 Å². The number of halogens is 1. The lowest BCUT2D eigenvalue weighted by atomic mass is 10.0. The van der Waals surface area contributed by atoms with Crippen molar-refractivity contribution in [3.05, 3.63) is 117 Å². The molecule has 0 saturated heterocycles. The van der Waals surface area contributed by atoms with E-state index in [-0.39, 0.29) is 11.0 Å². The molecule has 2 heterocycles. The summed E-state index contributed by atoms with van der Waals surface area (Å²) < 4.78 is 1.91. The SMILES string of the molecule is Cc1cc(=O)c(C(=O)Nc2ccccc2)c(-c2ccccc2Cl)n1Cc1ccccn1. The van der Waals surface area contributed by atoms with Gasteiger partial charge < -0.3 is 9.88 Å². The number of amides is 1. The number of aryl methyl sites for hydroxylation is 1. The normalized spacial score (nSPS) is 10.6. The number of para-hydroxylation sites is 1. The summed E-state index contributed by atoms with van der Waals surface area (Å²) in [6.07, 6.45) is 1.71. The van der Waals surface area contributed by atoms with Crippen LogP contribution >= 0.6 is 11.6 Å². The van der Waals surface area contributed by atoms with E-state index < -0.39 is 5.91 Å². The van der Waals surface area contributed by atoms with E-state index in [9.17, 15) is 9.59 Å². The zero-order chi connectivity index (χ0) is 21.8. The van der Waals surface area contributed by atoms with Crippen LogP contribution in [0.25, 0.3) is 11.3 Å². The molecule has 2 aromatic heterocycles. The van der Waals surface area contributed by atoms with Crippen LogP contribution < -0.4 is 10.7 Å². The molecule has 0 fully saturated rings. The van der Waals surface area contributed by atoms with Gasteiger partial charge in [-0.05, 0) is 37.3 Å². The smallest absolute Gasteiger partial charge is 0.261 e. The molecule has 6 heteroatoms. The molecule has 0 unspecified atom stereocenters. The van der Waals surface area contributed by atoms with Crippen molar-refractivity contribution in [1.29, 1.82) is 0 Å². The number of aromatic nitrogens is 2. The Balaban J connectivity index is 1.93. The maximum Gasteiger partial charge on any atom is 0.261 e. The first kappa shape index (κ1) is 20.6. The van der Waals surface area contributed by atoms with Gasteiger partial charge in [-0.2, -0.15) is 0 Å². The molecule has 5 nitrogen and oxygen atoms in total. The quantitative estimate of drug-likeness (QED) is 0.475. The van der Waals surface area contributed by atoms with Crippen LogP contribution in [0.1, 0.15) is 21.7 Å². The molecule has 1 amide bonds. The van der Waals surface area contributed by atoms with Gasteiger partial charge in [0, 0.05) is 34.2 Å². The van der Waals surface area contributed by atoms with Crippen molar-refractivity contribution in [2.24, 2.45) is 0 Å². The van der Waals surface area contributed by atoms with Crippen LogP contribution in [0.4, 0.5) is 5.69 Å². The summed E-state index contributed by atoms with van der Waals surface area (Å²) in [6.45, 7) is 2.22. The Bertz CT molecular complexity index is 1290. The van der Waals surface area contributed by atoms with Crippen LogP contribution in [0.3, 0.4) is 0 Å². The number of benzene rings is 2. The third-order valence-electron chi connectivity index (χ3n) is 4.95. The summed E-state index contributed by atoms with van der Waals surface area (Å²) in [4.78, 5) is 30.7. The molecule has 0 spiro atoms. The van der Waals surface area contributed by atoms with Crippen LogP contribution in [-0.4, -0.2) is 15.5 Å². The van der Waals surface area contributed by atoms with Crippen molar-refractivity contribution >= 4 is 23.2 Å². The van der Waals surface area contributed by atoms with Crippen molar-refractivity contribution in [3.63, 3.8) is 0 Å². The highest BCUT2D eigenvalue weighted by atomic mass is 35.5. The standard InChI is InChI=1S/C25H20ClN3O2/c1-17-15-22(30)23(25(31)28-18-9-3-2-4-10-18)24(20-12-5-6-13-21(20)26)29(17)16-19-11-7-8-14-27-19/h2-15H,16H2,1H3,(H,28,31). The third-order valence-corrected chi connectivity index (χ3v) is 5.28. The van der Waals surface area contributed by atoms with Crippen molar-refractivity contribution in [1.82, 2.24) is 9.55 Å². The van der Waals surface area contributed by atoms with E-state index in [0.717, 1.165) is 5.69 Å². The van der Waals surface area contributed by atoms with Crippen molar-refractivity contribution in [2.45, 2.75) is 13.5 Å². The lowest BCUT2D eigenvalue weighted by Gasteiger charge is -2.21. The molecule has 0 radical (unpaired) electrons. The Morgan fingerprint density at radius 1 is 1.00 bits per heavy atom. The number of nitrogens with zero attached hydrogens (tertiary/aromatic N) is 2. The Labute approximate surface area is 185 Å². The van der Waals surface area contributed by atoms with Crippen molar-refractivity contribution < 1.29 is 4.79 Å². The average molecular weight is 430 g/mol. The number of nitrogens with one attached hydrogen (secondary N) is 1. The predicted molar refractivity (Wildman–Crippen MR) is 124 cm³/mol. The highest BCUT2D eigenvalue weighted by Crippen LogP contribution is 2.31. The Kier molecular flexibility index (Phi) is 5.96. The van der Waals surface area contributed by atoms with Gasteiger partial charge in [0.05, 0.1) is 17.9 Å². The second kappa shape index (κ2) is 8.98. The first-order valence-electron chi connectivity index (χ1n) is 9.80. The lowest BCUT2D eigenvalue weighted by Crippen LogP contribution is -2.27. The van der Waals surface area contributed by atoms with E-state index in [0.29, 0.717) is 34.2 Å². The molecule has 0 aliphatic heterocycles. The fraction of sp³-hybridized carbons (Fsp3) is 0.0800. The van der Waals surface area contributed by atoms with E-state index in [1.165, 1.54) is 6.07 Å². The number of hydrogen-bond donors (Lipinski definition) is 1. The van der Waals surface area contributed by atoms with Gasteiger partial charge in [0.25, 0.3) is 5.91 Å². The highest BCUT2D eigenvalue weighted by Gasteiger charge is 2.23. The number of anilines is 1. The van der Waals surface area contributed by atoms with Crippen molar-refractivity contribution in [3.8, 4) is 11.3 Å². The van der Waals surface area contributed by atoms with Crippen LogP contribution in [-0.2, 0) is 6.54 Å². The Morgan fingerprint density at radius 3 is 2.42 bits per heavy atom. The fourth-order valence-electron chi connectivity index (χ4n) is 3.49. The van der Waals surface area contributed by atoms with Crippen LogP contribution in [0.2, 0.25) is 5.02 Å². The molecular formula is C25H20ClN3O2. The van der Waals surface area contributed by atoms with Crippen LogP contribution in [0.5, 0.6) is 0 Å². The van der Waals surface area contributed by atoms with Gasteiger partial charge in [0.2, 0.25) is 0 Å². The molecule has 1 N–H and O–H groups in total. The number of rotatable bonds is 5. The first-order valence-corrected chi connectivity index (χ1v) is 10.2. The van der Waals surface area contributed by atoms with Gasteiger partial charge in [0.1, 0.15) is 5.56 Å². The number of carbonyl (C=O) groups excluding carboxylic acids is 1. The minimum Gasteiger partial charge on any atom is -0.338 e. The van der Waals surface area contributed by atoms with Crippen molar-refractivity contribution in [2.75, 3.05) is 5.32 Å². The summed E-state index contributed by atoms with van der Waals surface area (Å²) >= 11 is 6.51. The molecule has 4 rings (SSSR count). The van der Waals surface area contributed by atoms with Gasteiger partial charge in [-0.15, -0.1) is 0 Å². The Morgan fingerprint density at radius 2 is 1.71 bits per heavy atom. The van der Waals surface area contributed by atoms with E-state index in [4.69, 9.17) is 11.6 Å². The molecule has 154 valence electrons. The zero-order valence-corrected chi connectivity index (χ0v) is 17.6. The van der Waals surface area contributed by atoms with E-state index in [1.54, 1.807) is 24.4 Å². The van der Waals surface area contributed by atoms with Gasteiger partial charge in [0.15, 0.2) is 5.43 Å². The second-order valence-electron chi connectivity index (χ2n) is 7.08. The maximum absolute atomic E-state index is 13.3. The summed E-state index contributed by atoms with van der Waals surface area (Å²) in [5.41, 5.74) is 2.87. The number of pyridine rings is 2. The highest BCUT2D eigenvalue weighted by molar-refractivity contribution is 6.33. The summed E-state index contributed by atoms with van der Waals surface area (Å²) in [6, 6.07) is 23.4. The molecule has 0 saturated carbocycles. The Hall–Kier alpha value is -3.70.